The highest BCUT2D eigenvalue weighted by Crippen LogP contribution is 2.46. The van der Waals surface area contributed by atoms with Crippen LogP contribution in [0.2, 0.25) is 0 Å². The van der Waals surface area contributed by atoms with E-state index in [0.717, 1.165) is 62.9 Å². The molecule has 2 heterocycles. The van der Waals surface area contributed by atoms with Crippen LogP contribution in [0.25, 0.3) is 0 Å². The third kappa shape index (κ3) is 5.80. The zero-order chi connectivity index (χ0) is 23.6. The summed E-state index contributed by atoms with van der Waals surface area (Å²) in [5, 5.41) is 6.94. The predicted molar refractivity (Wildman–Crippen MR) is 125 cm³/mol. The summed E-state index contributed by atoms with van der Waals surface area (Å²) in [4.78, 5) is 2.49. The van der Waals surface area contributed by atoms with Gasteiger partial charge in [0, 0.05) is 50.4 Å². The number of nitrogens with one attached hydrogen (secondary N) is 2. The predicted octanol–water partition coefficient (Wildman–Crippen LogP) is 5.97. The molecule has 182 valence electrons. The Balaban J connectivity index is 1.52. The summed E-state index contributed by atoms with van der Waals surface area (Å²) in [6.45, 7) is 9.55. The van der Waals surface area contributed by atoms with Crippen molar-refractivity contribution in [3.8, 4) is 0 Å². The lowest BCUT2D eigenvalue weighted by atomic mass is 9.70. The van der Waals surface area contributed by atoms with E-state index in [-0.39, 0.29) is 29.6 Å². The minimum Gasteiger partial charge on any atom is -0.381 e. The van der Waals surface area contributed by atoms with Crippen molar-refractivity contribution >= 4 is 5.69 Å². The molecule has 2 N–H and O–H groups in total. The van der Waals surface area contributed by atoms with Crippen LogP contribution in [0.5, 0.6) is 0 Å². The van der Waals surface area contributed by atoms with Gasteiger partial charge in [0.2, 0.25) is 0 Å². The Morgan fingerprint density at radius 1 is 1.18 bits per heavy atom. The van der Waals surface area contributed by atoms with Crippen molar-refractivity contribution in [3.63, 3.8) is 0 Å². The summed E-state index contributed by atoms with van der Waals surface area (Å²) in [5.41, 5.74) is 0.915. The van der Waals surface area contributed by atoms with Gasteiger partial charge in [-0.05, 0) is 72.9 Å². The van der Waals surface area contributed by atoms with E-state index in [1.807, 2.05) is 6.08 Å². The smallest absolute Gasteiger partial charge is 0.381 e. The number of allylic oxidation sites excluding steroid dienone is 3. The molecule has 0 spiro atoms. The highest BCUT2D eigenvalue weighted by atomic mass is 19.4. The number of piperazine rings is 1. The Morgan fingerprint density at radius 3 is 2.61 bits per heavy atom. The summed E-state index contributed by atoms with van der Waals surface area (Å²) >= 11 is 0. The van der Waals surface area contributed by atoms with Crippen LogP contribution >= 0.6 is 0 Å². The molecule has 4 rings (SSSR count). The van der Waals surface area contributed by atoms with Gasteiger partial charge in [0.25, 0.3) is 0 Å². The third-order valence-electron chi connectivity index (χ3n) is 7.62. The lowest BCUT2D eigenvalue weighted by Gasteiger charge is -2.43. The highest BCUT2D eigenvalue weighted by Gasteiger charge is 2.39. The van der Waals surface area contributed by atoms with Crippen LogP contribution in [-0.2, 0) is 6.18 Å². The number of anilines is 1. The standard InChI is InChI=1S/C26H35F4N3/c1-17(16-33-13-11-31-12-14-33)3-9-22-18(2)23-15-20(26(28,29)30)6-10-24(23)32-25(22)19-4-7-21(27)8-5-19/h4,6-8,10,15,17-19,22,25,31-32H,3,5,9,11-14,16H2,1-2H3/t17-,18+,19?,22-,25+/m1/s1. The fraction of sp³-hybridized carbons (Fsp3) is 0.615. The van der Waals surface area contributed by atoms with E-state index < -0.39 is 11.7 Å². The minimum atomic E-state index is -4.35. The van der Waals surface area contributed by atoms with E-state index in [4.69, 9.17) is 0 Å². The Bertz CT molecular complexity index is 873. The largest absolute Gasteiger partial charge is 0.416 e. The maximum Gasteiger partial charge on any atom is 0.416 e. The fourth-order valence-corrected chi connectivity index (χ4v) is 5.71. The topological polar surface area (TPSA) is 27.3 Å². The number of rotatable bonds is 6. The van der Waals surface area contributed by atoms with Gasteiger partial charge in [-0.15, -0.1) is 0 Å². The highest BCUT2D eigenvalue weighted by molar-refractivity contribution is 5.58. The molecule has 1 aromatic carbocycles. The average Bonchev–Trinajstić information content (AvgIpc) is 2.78. The van der Waals surface area contributed by atoms with E-state index in [1.165, 1.54) is 12.1 Å². The molecular formula is C26H35F4N3. The number of hydrogen-bond acceptors (Lipinski definition) is 3. The Morgan fingerprint density at radius 2 is 1.94 bits per heavy atom. The molecule has 0 aromatic heterocycles. The number of fused-ring (bicyclic) bond motifs is 1. The Labute approximate surface area is 194 Å². The van der Waals surface area contributed by atoms with Gasteiger partial charge in [0.15, 0.2) is 0 Å². The summed E-state index contributed by atoms with van der Waals surface area (Å²) in [7, 11) is 0. The Hall–Kier alpha value is -1.86. The number of alkyl halides is 3. The molecule has 5 atom stereocenters. The van der Waals surface area contributed by atoms with Gasteiger partial charge in [-0.1, -0.05) is 19.9 Å². The zero-order valence-corrected chi connectivity index (χ0v) is 19.5. The van der Waals surface area contributed by atoms with Crippen LogP contribution < -0.4 is 10.6 Å². The lowest BCUT2D eigenvalue weighted by molar-refractivity contribution is -0.137. The van der Waals surface area contributed by atoms with Crippen LogP contribution in [0.1, 0.15) is 50.2 Å². The maximum atomic E-state index is 13.6. The van der Waals surface area contributed by atoms with Crippen LogP contribution in [0, 0.1) is 17.8 Å². The molecule has 0 bridgehead atoms. The van der Waals surface area contributed by atoms with Crippen molar-refractivity contribution in [3.05, 3.63) is 53.4 Å². The van der Waals surface area contributed by atoms with Crippen molar-refractivity contribution in [2.45, 2.75) is 51.2 Å². The van der Waals surface area contributed by atoms with Crippen molar-refractivity contribution < 1.29 is 17.6 Å². The number of nitrogens with zero attached hydrogens (tertiary/aromatic N) is 1. The van der Waals surface area contributed by atoms with Gasteiger partial charge in [-0.3, -0.25) is 0 Å². The molecule has 2 aliphatic heterocycles. The van der Waals surface area contributed by atoms with Crippen LogP contribution in [-0.4, -0.2) is 43.7 Å². The van der Waals surface area contributed by atoms with E-state index >= 15 is 0 Å². The van der Waals surface area contributed by atoms with Crippen molar-refractivity contribution in [1.29, 1.82) is 0 Å². The SMILES string of the molecule is C[C@H](CC[C@@H]1[C@H](C)c2cc(C(F)(F)F)ccc2N[C@H]1C1C=CC(F)=CC1)CN1CCNCC1. The molecule has 7 heteroatoms. The first-order chi connectivity index (χ1) is 15.7. The summed E-state index contributed by atoms with van der Waals surface area (Å²) in [6.07, 6.45) is 3.26. The van der Waals surface area contributed by atoms with Gasteiger partial charge in [0.1, 0.15) is 5.83 Å². The quantitative estimate of drug-likeness (QED) is 0.507. The van der Waals surface area contributed by atoms with Gasteiger partial charge in [-0.2, -0.15) is 13.2 Å². The van der Waals surface area contributed by atoms with Crippen LogP contribution in [0.4, 0.5) is 23.2 Å². The van der Waals surface area contributed by atoms with Crippen molar-refractivity contribution in [1.82, 2.24) is 10.2 Å². The monoisotopic (exact) mass is 465 g/mol. The average molecular weight is 466 g/mol. The van der Waals surface area contributed by atoms with E-state index in [9.17, 15) is 17.6 Å². The van der Waals surface area contributed by atoms with Gasteiger partial charge >= 0.3 is 6.18 Å². The summed E-state index contributed by atoms with van der Waals surface area (Å²) in [6, 6.07) is 4.10. The number of hydrogen-bond donors (Lipinski definition) is 2. The number of benzene rings is 1. The molecule has 3 aliphatic rings. The second-order valence-electron chi connectivity index (χ2n) is 10.0. The molecule has 1 fully saturated rings. The molecular weight excluding hydrogens is 430 g/mol. The first-order valence-electron chi connectivity index (χ1n) is 12.2. The van der Waals surface area contributed by atoms with Crippen LogP contribution in [0.15, 0.2) is 42.3 Å². The van der Waals surface area contributed by atoms with Gasteiger partial charge < -0.3 is 15.5 Å². The summed E-state index contributed by atoms with van der Waals surface area (Å²) < 4.78 is 53.8. The Kier molecular flexibility index (Phi) is 7.49. The summed E-state index contributed by atoms with van der Waals surface area (Å²) in [5.74, 6) is 0.584. The third-order valence-corrected chi connectivity index (χ3v) is 7.62. The molecule has 1 aliphatic carbocycles. The first kappa shape index (κ1) is 24.3. The van der Waals surface area contributed by atoms with E-state index in [1.54, 1.807) is 12.1 Å². The zero-order valence-electron chi connectivity index (χ0n) is 19.5. The van der Waals surface area contributed by atoms with Gasteiger partial charge in [0.05, 0.1) is 5.56 Å². The lowest BCUT2D eigenvalue weighted by Crippen LogP contribution is -2.45. The van der Waals surface area contributed by atoms with Crippen molar-refractivity contribution in [2.24, 2.45) is 17.8 Å². The van der Waals surface area contributed by atoms with Crippen LogP contribution in [0.3, 0.4) is 0 Å². The molecule has 0 saturated carbocycles. The first-order valence-corrected chi connectivity index (χ1v) is 12.2. The van der Waals surface area contributed by atoms with Gasteiger partial charge in [-0.25, -0.2) is 4.39 Å². The van der Waals surface area contributed by atoms with E-state index in [0.29, 0.717) is 12.3 Å². The molecule has 1 unspecified atom stereocenters. The molecule has 3 nitrogen and oxygen atoms in total. The minimum absolute atomic E-state index is 0.0101. The molecule has 1 saturated heterocycles. The van der Waals surface area contributed by atoms with Crippen molar-refractivity contribution in [2.75, 3.05) is 38.0 Å². The second-order valence-corrected chi connectivity index (χ2v) is 10.0. The molecule has 0 amide bonds. The molecule has 1 aromatic rings. The fourth-order valence-electron chi connectivity index (χ4n) is 5.71. The normalized spacial score (nSPS) is 29.2. The second kappa shape index (κ2) is 10.2. The molecule has 0 radical (unpaired) electrons. The number of halogens is 4. The molecule has 33 heavy (non-hydrogen) atoms. The van der Waals surface area contributed by atoms with E-state index in [2.05, 4.69) is 29.4 Å². The maximum absolute atomic E-state index is 13.6.